The van der Waals surface area contributed by atoms with Crippen LogP contribution >= 0.6 is 23.1 Å². The Kier molecular flexibility index (Phi) is 6.67. The number of hydrogen-bond acceptors (Lipinski definition) is 8. The minimum Gasteiger partial charge on any atom is -0.394 e. The number of rotatable bonds is 8. The van der Waals surface area contributed by atoms with Gasteiger partial charge >= 0.3 is 4.87 Å². The standard InChI is InChI=1S/C19H21N5O2S2/c1-3-5-14(10-25)21-16-15-17(24-19(26)28-15)23-18(22-16)27-11(2)13-7-4-6-12(8-13)9-20/h4,6-8,11,14,25H,3,5,10H2,1-2H3,(H2,21,22,23,24,26)/t11?,14-/m0/s1. The van der Waals surface area contributed by atoms with Gasteiger partial charge in [-0.15, -0.1) is 0 Å². The average molecular weight is 416 g/mol. The van der Waals surface area contributed by atoms with Crippen molar-refractivity contribution in [1.82, 2.24) is 15.0 Å². The number of H-pyrrole nitrogens is 1. The van der Waals surface area contributed by atoms with Crippen LogP contribution in [0, 0.1) is 11.3 Å². The molecule has 0 spiro atoms. The van der Waals surface area contributed by atoms with Gasteiger partial charge in [-0.3, -0.25) is 9.78 Å². The first-order chi connectivity index (χ1) is 13.5. The summed E-state index contributed by atoms with van der Waals surface area (Å²) < 4.78 is 0.656. The van der Waals surface area contributed by atoms with Gasteiger partial charge in [-0.05, 0) is 31.0 Å². The van der Waals surface area contributed by atoms with Crippen LogP contribution in [0.5, 0.6) is 0 Å². The summed E-state index contributed by atoms with van der Waals surface area (Å²) in [6, 6.07) is 9.45. The second-order valence-electron chi connectivity index (χ2n) is 6.36. The number of anilines is 1. The lowest BCUT2D eigenvalue weighted by molar-refractivity contribution is 0.268. The molecule has 0 radical (unpaired) electrons. The van der Waals surface area contributed by atoms with Gasteiger partial charge in [0.05, 0.1) is 24.3 Å². The summed E-state index contributed by atoms with van der Waals surface area (Å²) in [4.78, 5) is 23.5. The SMILES string of the molecule is CCC[C@@H](CO)Nc1nc(SC(C)c2cccc(C#N)c2)nc2[nH]c(=O)sc12. The highest BCUT2D eigenvalue weighted by Crippen LogP contribution is 2.35. The van der Waals surface area contributed by atoms with Crippen LogP contribution in [0.15, 0.2) is 34.2 Å². The lowest BCUT2D eigenvalue weighted by atomic mass is 10.1. The number of benzene rings is 1. The molecule has 3 N–H and O–H groups in total. The van der Waals surface area contributed by atoms with Crippen LogP contribution in [0.1, 0.15) is 43.1 Å². The van der Waals surface area contributed by atoms with Gasteiger partial charge in [0.1, 0.15) is 4.70 Å². The van der Waals surface area contributed by atoms with Gasteiger partial charge in [0.25, 0.3) is 0 Å². The molecule has 0 amide bonds. The average Bonchev–Trinajstić information content (AvgIpc) is 3.08. The van der Waals surface area contributed by atoms with Gasteiger partial charge in [-0.2, -0.15) is 5.26 Å². The van der Waals surface area contributed by atoms with E-state index in [0.717, 1.165) is 29.7 Å². The zero-order valence-corrected chi connectivity index (χ0v) is 17.2. The van der Waals surface area contributed by atoms with Crippen molar-refractivity contribution in [1.29, 1.82) is 5.26 Å². The Balaban J connectivity index is 1.92. The zero-order valence-electron chi connectivity index (χ0n) is 15.6. The van der Waals surface area contributed by atoms with Crippen molar-refractivity contribution in [2.45, 2.75) is 43.1 Å². The van der Waals surface area contributed by atoms with E-state index < -0.39 is 0 Å². The van der Waals surface area contributed by atoms with Gasteiger partial charge in [0.15, 0.2) is 16.6 Å². The van der Waals surface area contributed by atoms with E-state index in [4.69, 9.17) is 5.26 Å². The largest absolute Gasteiger partial charge is 0.394 e. The number of aliphatic hydroxyl groups is 1. The van der Waals surface area contributed by atoms with E-state index >= 15 is 0 Å². The van der Waals surface area contributed by atoms with Gasteiger partial charge in [-0.1, -0.05) is 48.6 Å². The Labute approximate surface area is 170 Å². The van der Waals surface area contributed by atoms with Crippen molar-refractivity contribution in [2.75, 3.05) is 11.9 Å². The van der Waals surface area contributed by atoms with Crippen molar-refractivity contribution < 1.29 is 5.11 Å². The first-order valence-electron chi connectivity index (χ1n) is 8.99. The fourth-order valence-corrected chi connectivity index (χ4v) is 4.43. The molecule has 0 aliphatic heterocycles. The van der Waals surface area contributed by atoms with Crippen LogP contribution in [0.3, 0.4) is 0 Å². The Bertz CT molecular complexity index is 1060. The van der Waals surface area contributed by atoms with E-state index in [1.165, 1.54) is 11.8 Å². The highest BCUT2D eigenvalue weighted by Gasteiger charge is 2.17. The minimum atomic E-state index is -0.194. The van der Waals surface area contributed by atoms with Crippen molar-refractivity contribution in [3.63, 3.8) is 0 Å². The molecule has 1 unspecified atom stereocenters. The third kappa shape index (κ3) is 4.70. The summed E-state index contributed by atoms with van der Waals surface area (Å²) in [5, 5.41) is 22.5. The molecule has 0 bridgehead atoms. The van der Waals surface area contributed by atoms with E-state index in [-0.39, 0.29) is 22.8 Å². The van der Waals surface area contributed by atoms with Crippen LogP contribution in [-0.2, 0) is 0 Å². The fourth-order valence-electron chi connectivity index (χ4n) is 2.81. The molecule has 2 atom stereocenters. The molecular formula is C19H21N5O2S2. The number of fused-ring (bicyclic) bond motifs is 1. The summed E-state index contributed by atoms with van der Waals surface area (Å²) in [7, 11) is 0. The van der Waals surface area contributed by atoms with Crippen LogP contribution in [0.25, 0.3) is 10.3 Å². The molecule has 0 fully saturated rings. The normalized spacial score (nSPS) is 13.2. The Morgan fingerprint density at radius 1 is 1.43 bits per heavy atom. The molecule has 0 aliphatic carbocycles. The van der Waals surface area contributed by atoms with Gasteiger partial charge in [0.2, 0.25) is 0 Å². The number of thiazole rings is 1. The third-order valence-corrected chi connectivity index (χ3v) is 6.12. The van der Waals surface area contributed by atoms with Crippen LogP contribution < -0.4 is 10.2 Å². The molecule has 1 aromatic carbocycles. The number of nitrogens with one attached hydrogen (secondary N) is 2. The topological polar surface area (TPSA) is 115 Å². The van der Waals surface area contributed by atoms with Crippen molar-refractivity contribution in [3.8, 4) is 6.07 Å². The van der Waals surface area contributed by atoms with Crippen molar-refractivity contribution in [2.24, 2.45) is 0 Å². The molecule has 0 aliphatic rings. The van der Waals surface area contributed by atoms with E-state index in [0.29, 0.717) is 26.9 Å². The molecule has 0 saturated carbocycles. The minimum absolute atomic E-state index is 0.0154. The molecule has 146 valence electrons. The predicted molar refractivity (Wildman–Crippen MR) is 113 cm³/mol. The van der Waals surface area contributed by atoms with E-state index in [2.05, 4.69) is 26.3 Å². The quantitative estimate of drug-likeness (QED) is 0.380. The predicted octanol–water partition coefficient (Wildman–Crippen LogP) is 3.68. The van der Waals surface area contributed by atoms with Gasteiger partial charge < -0.3 is 10.4 Å². The second-order valence-corrected chi connectivity index (χ2v) is 8.65. The Morgan fingerprint density at radius 3 is 2.96 bits per heavy atom. The number of thioether (sulfide) groups is 1. The number of aromatic nitrogens is 3. The second kappa shape index (κ2) is 9.19. The summed E-state index contributed by atoms with van der Waals surface area (Å²) in [5.41, 5.74) is 2.10. The van der Waals surface area contributed by atoms with E-state index in [1.54, 1.807) is 6.07 Å². The van der Waals surface area contributed by atoms with Crippen LogP contribution in [-0.4, -0.2) is 32.7 Å². The fraction of sp³-hybridized carbons (Fsp3) is 0.368. The molecule has 28 heavy (non-hydrogen) atoms. The maximum Gasteiger partial charge on any atom is 0.306 e. The zero-order chi connectivity index (χ0) is 20.1. The number of nitrogens with zero attached hydrogens (tertiary/aromatic N) is 3. The van der Waals surface area contributed by atoms with Gasteiger partial charge in [0, 0.05) is 5.25 Å². The number of nitriles is 1. The van der Waals surface area contributed by atoms with E-state index in [9.17, 15) is 9.90 Å². The van der Waals surface area contributed by atoms with Crippen LogP contribution in [0.4, 0.5) is 5.82 Å². The summed E-state index contributed by atoms with van der Waals surface area (Å²) >= 11 is 2.50. The molecular weight excluding hydrogens is 394 g/mol. The molecule has 2 heterocycles. The number of aromatic amines is 1. The molecule has 9 heteroatoms. The van der Waals surface area contributed by atoms with Gasteiger partial charge in [-0.25, -0.2) is 9.97 Å². The van der Waals surface area contributed by atoms with E-state index in [1.807, 2.05) is 32.0 Å². The maximum atomic E-state index is 11.8. The monoisotopic (exact) mass is 415 g/mol. The Morgan fingerprint density at radius 2 is 2.25 bits per heavy atom. The number of hydrogen-bond donors (Lipinski definition) is 3. The summed E-state index contributed by atoms with van der Waals surface area (Å²) in [5.74, 6) is 0.557. The molecule has 2 aromatic heterocycles. The first kappa shape index (κ1) is 20.3. The maximum absolute atomic E-state index is 11.8. The Hall–Kier alpha value is -2.41. The summed E-state index contributed by atoms with van der Waals surface area (Å²) in [6.07, 6.45) is 1.71. The van der Waals surface area contributed by atoms with Crippen LogP contribution in [0.2, 0.25) is 0 Å². The lowest BCUT2D eigenvalue weighted by Crippen LogP contribution is -2.24. The highest BCUT2D eigenvalue weighted by atomic mass is 32.2. The number of aliphatic hydroxyl groups excluding tert-OH is 1. The molecule has 3 rings (SSSR count). The highest BCUT2D eigenvalue weighted by molar-refractivity contribution is 7.99. The summed E-state index contributed by atoms with van der Waals surface area (Å²) in [6.45, 7) is 4.05. The smallest absolute Gasteiger partial charge is 0.306 e. The first-order valence-corrected chi connectivity index (χ1v) is 10.7. The molecule has 0 saturated heterocycles. The van der Waals surface area contributed by atoms with Crippen molar-refractivity contribution in [3.05, 3.63) is 45.1 Å². The molecule has 3 aromatic rings. The third-order valence-electron chi connectivity index (χ3n) is 4.23. The van der Waals surface area contributed by atoms with Crippen molar-refractivity contribution >= 4 is 39.3 Å². The lowest BCUT2D eigenvalue weighted by Gasteiger charge is -2.17. The molecule has 7 nitrogen and oxygen atoms in total.